The second-order valence-corrected chi connectivity index (χ2v) is 6.85. The molecule has 26 heavy (non-hydrogen) atoms. The number of aliphatic hydroxyl groups is 1. The van der Waals surface area contributed by atoms with Crippen molar-refractivity contribution in [3.8, 4) is 22.6 Å². The fraction of sp³-hybridized carbons (Fsp3) is 0.143. The smallest absolute Gasteiger partial charge is 0.231 e. The first-order chi connectivity index (χ1) is 12.7. The first-order valence-electron chi connectivity index (χ1n) is 8.17. The van der Waals surface area contributed by atoms with Crippen LogP contribution in [0.1, 0.15) is 17.2 Å². The highest BCUT2D eigenvalue weighted by Crippen LogP contribution is 2.42. The minimum absolute atomic E-state index is 0.163. The summed E-state index contributed by atoms with van der Waals surface area (Å²) < 4.78 is 24.2. The predicted molar refractivity (Wildman–Crippen MR) is 100 cm³/mol. The number of thioether (sulfide) groups is 1. The molecule has 1 aliphatic rings. The molecule has 0 spiro atoms. The molecule has 0 saturated heterocycles. The number of hydrogen-bond acceptors (Lipinski definition) is 4. The number of aliphatic hydroxyl groups excluding tert-OH is 1. The van der Waals surface area contributed by atoms with Gasteiger partial charge in [0.25, 0.3) is 0 Å². The van der Waals surface area contributed by atoms with Crippen molar-refractivity contribution in [2.75, 3.05) is 13.0 Å². The van der Waals surface area contributed by atoms with Crippen molar-refractivity contribution in [2.45, 2.75) is 11.0 Å². The first-order valence-corrected chi connectivity index (χ1v) is 9.39. The average molecular weight is 368 g/mol. The third kappa shape index (κ3) is 3.16. The quantitative estimate of drug-likeness (QED) is 0.656. The summed E-state index contributed by atoms with van der Waals surface area (Å²) in [5.41, 5.74) is 3.14. The molecule has 1 heterocycles. The van der Waals surface area contributed by atoms with Gasteiger partial charge in [0, 0.05) is 4.90 Å². The Morgan fingerprint density at radius 3 is 2.27 bits per heavy atom. The molecule has 3 aromatic carbocycles. The fourth-order valence-electron chi connectivity index (χ4n) is 3.03. The monoisotopic (exact) mass is 368 g/mol. The van der Waals surface area contributed by atoms with Crippen molar-refractivity contribution in [2.24, 2.45) is 0 Å². The van der Waals surface area contributed by atoms with E-state index >= 15 is 0 Å². The summed E-state index contributed by atoms with van der Waals surface area (Å²) in [6.07, 6.45) is 1.12. The van der Waals surface area contributed by atoms with Crippen LogP contribution in [0.3, 0.4) is 0 Å². The van der Waals surface area contributed by atoms with Crippen LogP contribution in [0.15, 0.2) is 65.6 Å². The van der Waals surface area contributed by atoms with E-state index in [9.17, 15) is 9.50 Å². The molecular formula is C21H17FO3S. The standard InChI is InChI=1S/C21H17FO3S/c1-26-16-8-4-13(5-9-16)17-10-19-20(25-12-24-19)11-18(17)21(23)14-2-6-15(22)7-3-14/h2-11,21,23H,12H2,1H3. The SMILES string of the molecule is CSc1ccc(-c2cc3c(cc2C(O)c2ccc(F)cc2)OCO3)cc1. The molecule has 3 nitrogen and oxygen atoms in total. The molecule has 0 saturated carbocycles. The Morgan fingerprint density at radius 2 is 1.62 bits per heavy atom. The third-order valence-electron chi connectivity index (χ3n) is 4.43. The lowest BCUT2D eigenvalue weighted by atomic mass is 9.92. The van der Waals surface area contributed by atoms with E-state index in [0.717, 1.165) is 16.0 Å². The molecule has 0 amide bonds. The zero-order valence-electron chi connectivity index (χ0n) is 14.1. The van der Waals surface area contributed by atoms with Gasteiger partial charge < -0.3 is 14.6 Å². The summed E-state index contributed by atoms with van der Waals surface area (Å²) in [6, 6.07) is 17.7. The van der Waals surface area contributed by atoms with Crippen LogP contribution in [-0.4, -0.2) is 18.2 Å². The van der Waals surface area contributed by atoms with Gasteiger partial charge in [0.2, 0.25) is 6.79 Å². The fourth-order valence-corrected chi connectivity index (χ4v) is 3.44. The van der Waals surface area contributed by atoms with E-state index in [0.29, 0.717) is 22.6 Å². The van der Waals surface area contributed by atoms with Crippen molar-refractivity contribution in [1.29, 1.82) is 0 Å². The van der Waals surface area contributed by atoms with Crippen LogP contribution in [0, 0.1) is 5.82 Å². The Hall–Kier alpha value is -2.50. The van der Waals surface area contributed by atoms with Crippen LogP contribution in [0.25, 0.3) is 11.1 Å². The summed E-state index contributed by atoms with van der Waals surface area (Å²) in [4.78, 5) is 1.16. The molecule has 0 radical (unpaired) electrons. The Balaban J connectivity index is 1.82. The molecule has 0 fully saturated rings. The second-order valence-electron chi connectivity index (χ2n) is 5.98. The maximum Gasteiger partial charge on any atom is 0.231 e. The maximum atomic E-state index is 13.2. The number of fused-ring (bicyclic) bond motifs is 1. The number of ether oxygens (including phenoxy) is 2. The average Bonchev–Trinajstić information content (AvgIpc) is 3.14. The molecule has 3 aromatic rings. The highest BCUT2D eigenvalue weighted by molar-refractivity contribution is 7.98. The number of hydrogen-bond donors (Lipinski definition) is 1. The molecule has 4 rings (SSSR count). The van der Waals surface area contributed by atoms with Gasteiger partial charge in [0.05, 0.1) is 0 Å². The van der Waals surface area contributed by atoms with Crippen molar-refractivity contribution in [3.63, 3.8) is 0 Å². The molecule has 132 valence electrons. The van der Waals surface area contributed by atoms with Gasteiger partial charge in [-0.3, -0.25) is 0 Å². The van der Waals surface area contributed by atoms with Crippen LogP contribution >= 0.6 is 11.8 Å². The number of rotatable bonds is 4. The van der Waals surface area contributed by atoms with Crippen LogP contribution < -0.4 is 9.47 Å². The summed E-state index contributed by atoms with van der Waals surface area (Å²) in [5.74, 6) is 0.925. The topological polar surface area (TPSA) is 38.7 Å². The van der Waals surface area contributed by atoms with E-state index in [1.54, 1.807) is 30.0 Å². The molecule has 1 atom stereocenters. The third-order valence-corrected chi connectivity index (χ3v) is 5.17. The van der Waals surface area contributed by atoms with Crippen molar-refractivity contribution < 1.29 is 19.0 Å². The Labute approximate surface area is 155 Å². The van der Waals surface area contributed by atoms with E-state index in [1.165, 1.54) is 12.1 Å². The minimum atomic E-state index is -0.902. The summed E-state index contributed by atoms with van der Waals surface area (Å²) >= 11 is 1.67. The molecule has 0 bridgehead atoms. The van der Waals surface area contributed by atoms with E-state index in [1.807, 2.05) is 36.6 Å². The van der Waals surface area contributed by atoms with Crippen LogP contribution in [0.5, 0.6) is 11.5 Å². The molecule has 1 unspecified atom stereocenters. The predicted octanol–water partition coefficient (Wildman–Crippen LogP) is 5.03. The molecule has 1 N–H and O–H groups in total. The lowest BCUT2D eigenvalue weighted by molar-refractivity contribution is 0.173. The van der Waals surface area contributed by atoms with Crippen LogP contribution in [-0.2, 0) is 0 Å². The van der Waals surface area contributed by atoms with Gasteiger partial charge in [0.15, 0.2) is 11.5 Å². The number of halogens is 1. The number of benzene rings is 3. The highest BCUT2D eigenvalue weighted by atomic mass is 32.2. The normalized spacial score (nSPS) is 13.7. The Bertz CT molecular complexity index is 923. The lowest BCUT2D eigenvalue weighted by Crippen LogP contribution is -2.02. The highest BCUT2D eigenvalue weighted by Gasteiger charge is 2.23. The molecule has 5 heteroatoms. The summed E-state index contributed by atoms with van der Waals surface area (Å²) in [5, 5.41) is 10.9. The summed E-state index contributed by atoms with van der Waals surface area (Å²) in [6.45, 7) is 0.163. The minimum Gasteiger partial charge on any atom is -0.454 e. The van der Waals surface area contributed by atoms with Gasteiger partial charge in [-0.05, 0) is 64.9 Å². The molecule has 1 aliphatic heterocycles. The van der Waals surface area contributed by atoms with E-state index in [-0.39, 0.29) is 12.6 Å². The van der Waals surface area contributed by atoms with Gasteiger partial charge in [-0.15, -0.1) is 11.8 Å². The molecule has 0 aliphatic carbocycles. The zero-order chi connectivity index (χ0) is 18.1. The van der Waals surface area contributed by atoms with Gasteiger partial charge in [0.1, 0.15) is 11.9 Å². The molecular weight excluding hydrogens is 351 g/mol. The lowest BCUT2D eigenvalue weighted by Gasteiger charge is -2.17. The van der Waals surface area contributed by atoms with Crippen LogP contribution in [0.2, 0.25) is 0 Å². The van der Waals surface area contributed by atoms with E-state index < -0.39 is 6.10 Å². The van der Waals surface area contributed by atoms with Crippen LogP contribution in [0.4, 0.5) is 4.39 Å². The van der Waals surface area contributed by atoms with Gasteiger partial charge >= 0.3 is 0 Å². The van der Waals surface area contributed by atoms with Gasteiger partial charge in [-0.2, -0.15) is 0 Å². The van der Waals surface area contributed by atoms with Crippen molar-refractivity contribution >= 4 is 11.8 Å². The summed E-state index contributed by atoms with van der Waals surface area (Å²) in [7, 11) is 0. The van der Waals surface area contributed by atoms with Crippen molar-refractivity contribution in [3.05, 3.63) is 77.6 Å². The molecule has 0 aromatic heterocycles. The second kappa shape index (κ2) is 7.02. The van der Waals surface area contributed by atoms with Gasteiger partial charge in [-0.1, -0.05) is 24.3 Å². The maximum absolute atomic E-state index is 13.2. The Morgan fingerprint density at radius 1 is 0.962 bits per heavy atom. The van der Waals surface area contributed by atoms with E-state index in [4.69, 9.17) is 9.47 Å². The first kappa shape index (κ1) is 16.9. The Kier molecular flexibility index (Phi) is 4.57. The van der Waals surface area contributed by atoms with Crippen molar-refractivity contribution in [1.82, 2.24) is 0 Å². The van der Waals surface area contributed by atoms with Gasteiger partial charge in [-0.25, -0.2) is 4.39 Å². The zero-order valence-corrected chi connectivity index (χ0v) is 14.9. The largest absolute Gasteiger partial charge is 0.454 e. The van der Waals surface area contributed by atoms with E-state index in [2.05, 4.69) is 0 Å².